The molecule has 0 heterocycles. The molecular weight excluding hydrogens is 306 g/mol. The van der Waals surface area contributed by atoms with Crippen LogP contribution < -0.4 is 11.6 Å². The number of hydrogen-bond donors (Lipinski definition) is 4. The van der Waals surface area contributed by atoms with Gasteiger partial charge in [0.05, 0.1) is 5.54 Å². The van der Waals surface area contributed by atoms with Gasteiger partial charge in [-0.2, -0.15) is 5.11 Å². The third-order valence-corrected chi connectivity index (χ3v) is 7.05. The summed E-state index contributed by atoms with van der Waals surface area (Å²) in [6, 6.07) is 0. The van der Waals surface area contributed by atoms with Crippen LogP contribution in [0, 0.1) is 17.2 Å². The quantitative estimate of drug-likeness (QED) is 0.250. The summed E-state index contributed by atoms with van der Waals surface area (Å²) < 4.78 is 0. The molecule has 0 amide bonds. The van der Waals surface area contributed by atoms with Crippen molar-refractivity contribution < 1.29 is 9.90 Å². The Labute approximate surface area is 141 Å². The van der Waals surface area contributed by atoms with E-state index in [1.165, 1.54) is 0 Å². The first-order valence-electron chi connectivity index (χ1n) is 8.80. The predicted octanol–water partition coefficient (Wildman–Crippen LogP) is 1.40. The van der Waals surface area contributed by atoms with Crippen LogP contribution in [-0.4, -0.2) is 33.3 Å². The van der Waals surface area contributed by atoms with E-state index in [0.29, 0.717) is 44.2 Å². The highest BCUT2D eigenvalue weighted by atomic mass is 16.3. The predicted molar refractivity (Wildman–Crippen MR) is 88.4 cm³/mol. The fraction of sp³-hybridized carbons (Fsp3) is 0.765. The van der Waals surface area contributed by atoms with Crippen molar-refractivity contribution in [3.05, 3.63) is 11.6 Å². The fourth-order valence-corrected chi connectivity index (χ4v) is 5.84. The molecule has 0 aromatic heterocycles. The molecule has 0 aromatic carbocycles. The summed E-state index contributed by atoms with van der Waals surface area (Å²) in [6.07, 6.45) is 6.63. The summed E-state index contributed by atoms with van der Waals surface area (Å²) in [7, 11) is 0. The lowest BCUT2D eigenvalue weighted by Crippen LogP contribution is -2.65. The van der Waals surface area contributed by atoms with Gasteiger partial charge in [-0.15, -0.1) is 0 Å². The molecule has 24 heavy (non-hydrogen) atoms. The highest BCUT2D eigenvalue weighted by Crippen LogP contribution is 2.59. The van der Waals surface area contributed by atoms with E-state index in [2.05, 4.69) is 10.3 Å². The van der Waals surface area contributed by atoms with Gasteiger partial charge in [-0.25, -0.2) is 0 Å². The molecule has 3 fully saturated rings. The Morgan fingerprint density at radius 2 is 2.08 bits per heavy atom. The van der Waals surface area contributed by atoms with E-state index in [1.807, 2.05) is 6.08 Å². The van der Waals surface area contributed by atoms with E-state index < -0.39 is 16.7 Å². The minimum atomic E-state index is -1.11. The topological polar surface area (TPSA) is 138 Å². The number of nitrogens with zero attached hydrogens (tertiary/aromatic N) is 2. The van der Waals surface area contributed by atoms with Gasteiger partial charge in [-0.3, -0.25) is 4.79 Å². The molecule has 4 unspecified atom stereocenters. The van der Waals surface area contributed by atoms with Crippen LogP contribution in [0.15, 0.2) is 22.0 Å². The maximum absolute atomic E-state index is 12.3. The minimum Gasteiger partial charge on any atom is -0.387 e. The zero-order valence-electron chi connectivity index (χ0n) is 13.8. The van der Waals surface area contributed by atoms with Crippen LogP contribution in [0.4, 0.5) is 0 Å². The van der Waals surface area contributed by atoms with E-state index in [4.69, 9.17) is 17.0 Å². The van der Waals surface area contributed by atoms with Crippen LogP contribution in [-0.2, 0) is 4.79 Å². The van der Waals surface area contributed by atoms with Crippen molar-refractivity contribution in [2.75, 3.05) is 0 Å². The Morgan fingerprint density at radius 3 is 2.83 bits per heavy atom. The van der Waals surface area contributed by atoms with Gasteiger partial charge in [-0.1, -0.05) is 11.3 Å². The Hall–Kier alpha value is -1.60. The monoisotopic (exact) mass is 331 g/mol. The lowest BCUT2D eigenvalue weighted by atomic mass is 9.51. The molecule has 7 heteroatoms. The number of rotatable bonds is 1. The highest BCUT2D eigenvalue weighted by molar-refractivity contribution is 5.91. The van der Waals surface area contributed by atoms with Crippen LogP contribution in [0.3, 0.4) is 0 Å². The molecule has 3 saturated carbocycles. The lowest BCUT2D eigenvalue weighted by molar-refractivity contribution is -0.123. The van der Waals surface area contributed by atoms with Crippen molar-refractivity contribution in [1.82, 2.24) is 0 Å². The number of fused-ring (bicyclic) bond motifs is 5. The van der Waals surface area contributed by atoms with Crippen LogP contribution in [0.5, 0.6) is 0 Å². The Bertz CT molecular complexity index is 674. The van der Waals surface area contributed by atoms with E-state index in [0.717, 1.165) is 18.4 Å². The summed E-state index contributed by atoms with van der Waals surface area (Å²) in [5, 5.41) is 27.3. The maximum atomic E-state index is 12.3. The average molecular weight is 331 g/mol. The lowest BCUT2D eigenvalue weighted by Gasteiger charge is -2.57. The van der Waals surface area contributed by atoms with Crippen LogP contribution >= 0.6 is 0 Å². The molecule has 4 aliphatic rings. The molecule has 5 atom stereocenters. The molecular formula is C17H25N5O2. The third kappa shape index (κ3) is 1.80. The molecule has 0 spiro atoms. The van der Waals surface area contributed by atoms with Gasteiger partial charge >= 0.3 is 0 Å². The Kier molecular flexibility index (Phi) is 3.28. The number of nitrogens with two attached hydrogens (primary N) is 2. The molecule has 0 aliphatic heterocycles. The van der Waals surface area contributed by atoms with Gasteiger partial charge in [0.15, 0.2) is 5.78 Å². The van der Waals surface area contributed by atoms with Gasteiger partial charge in [0.25, 0.3) is 0 Å². The van der Waals surface area contributed by atoms with Crippen LogP contribution in [0.2, 0.25) is 0 Å². The molecule has 0 aromatic rings. The third-order valence-electron chi connectivity index (χ3n) is 7.05. The first kappa shape index (κ1) is 15.9. The second-order valence-corrected chi connectivity index (χ2v) is 8.01. The van der Waals surface area contributed by atoms with Crippen molar-refractivity contribution in [2.45, 2.75) is 68.0 Å². The Morgan fingerprint density at radius 1 is 1.29 bits per heavy atom. The number of carbonyl (C=O) groups excluding carboxylic acids is 1. The van der Waals surface area contributed by atoms with Crippen molar-refractivity contribution in [2.24, 2.45) is 33.7 Å². The van der Waals surface area contributed by atoms with E-state index in [9.17, 15) is 9.90 Å². The molecule has 4 aliphatic carbocycles. The largest absolute Gasteiger partial charge is 0.387 e. The molecule has 6 N–H and O–H groups in total. The number of nitrogens with one attached hydrogen (secondary N) is 1. The zero-order valence-corrected chi connectivity index (χ0v) is 13.8. The molecule has 7 nitrogen and oxygen atoms in total. The SMILES string of the molecule is N=C1CCC2(N=NN)C3=CCC4(N)C(=O)CCC4C3CC[C@@]2(O)C1. The second-order valence-electron chi connectivity index (χ2n) is 8.01. The summed E-state index contributed by atoms with van der Waals surface area (Å²) in [5.74, 6) is 5.83. The smallest absolute Gasteiger partial charge is 0.153 e. The van der Waals surface area contributed by atoms with Crippen LogP contribution in [0.25, 0.3) is 0 Å². The van der Waals surface area contributed by atoms with Gasteiger partial charge in [0.1, 0.15) is 11.1 Å². The first-order chi connectivity index (χ1) is 11.4. The van der Waals surface area contributed by atoms with Gasteiger partial charge in [-0.05, 0) is 55.9 Å². The number of ketones is 1. The number of carbonyl (C=O) groups is 1. The zero-order chi connectivity index (χ0) is 17.2. The molecule has 4 rings (SSSR count). The number of hydrogen-bond acceptors (Lipinski definition) is 6. The van der Waals surface area contributed by atoms with E-state index in [1.54, 1.807) is 0 Å². The minimum absolute atomic E-state index is 0.112. The summed E-state index contributed by atoms with van der Waals surface area (Å²) in [5.41, 5.74) is 5.37. The van der Waals surface area contributed by atoms with Crippen LogP contribution in [0.1, 0.15) is 51.4 Å². The van der Waals surface area contributed by atoms with Crippen molar-refractivity contribution in [3.63, 3.8) is 0 Å². The van der Waals surface area contributed by atoms with Crippen molar-refractivity contribution in [1.29, 1.82) is 5.41 Å². The van der Waals surface area contributed by atoms with Gasteiger partial charge in [0.2, 0.25) is 0 Å². The standard InChI is InChI=1S/C17H25N5O2/c18-10-3-8-17(21-22-20)13-5-7-16(19)12(1-2-14(16)23)11(13)4-6-15(17,24)9-10/h5,11-12,18,24H,1-4,6-9,19H2,(H2,20,21)/t11?,12?,15-,16?,17?/m1/s1. The van der Waals surface area contributed by atoms with Gasteiger partial charge in [0, 0.05) is 18.6 Å². The number of aliphatic hydroxyl groups is 1. The first-order valence-corrected chi connectivity index (χ1v) is 8.80. The van der Waals surface area contributed by atoms with Crippen molar-refractivity contribution >= 4 is 11.5 Å². The molecule has 0 saturated heterocycles. The normalized spacial score (nSPS) is 48.0. The second kappa shape index (κ2) is 4.95. The van der Waals surface area contributed by atoms with E-state index >= 15 is 0 Å². The highest BCUT2D eigenvalue weighted by Gasteiger charge is 2.64. The summed E-state index contributed by atoms with van der Waals surface area (Å²) in [6.45, 7) is 0. The summed E-state index contributed by atoms with van der Waals surface area (Å²) in [4.78, 5) is 12.3. The number of Topliss-reactive ketones (excluding diaryl/α,β-unsaturated/α-hetero) is 1. The Balaban J connectivity index is 1.83. The molecule has 0 bridgehead atoms. The van der Waals surface area contributed by atoms with Crippen molar-refractivity contribution in [3.8, 4) is 0 Å². The molecule has 130 valence electrons. The van der Waals surface area contributed by atoms with Gasteiger partial charge < -0.3 is 22.1 Å². The fourth-order valence-electron chi connectivity index (χ4n) is 5.84. The molecule has 0 radical (unpaired) electrons. The summed E-state index contributed by atoms with van der Waals surface area (Å²) >= 11 is 0. The van der Waals surface area contributed by atoms with E-state index in [-0.39, 0.29) is 17.6 Å². The maximum Gasteiger partial charge on any atom is 0.153 e. The average Bonchev–Trinajstić information content (AvgIpc) is 2.84.